The summed E-state index contributed by atoms with van der Waals surface area (Å²) in [5, 5.41) is 18.8. The van der Waals surface area contributed by atoms with Gasteiger partial charge in [0, 0.05) is 6.42 Å². The lowest BCUT2D eigenvalue weighted by Crippen LogP contribution is -1.98. The van der Waals surface area contributed by atoms with E-state index >= 15 is 0 Å². The molecule has 2 N–H and O–H groups in total. The molecule has 0 saturated heterocycles. The van der Waals surface area contributed by atoms with E-state index in [2.05, 4.69) is 0 Å². The summed E-state index contributed by atoms with van der Waals surface area (Å²) in [6.45, 7) is 2.00. The molecule has 0 unspecified atom stereocenters. The standard InChI is InChI=1S/C20H32O3/c1-2-3-4-5-10-13-16-19(21)17-14-11-8-6-7-9-12-15-18-20(22)23/h7-11,13-14,17,19,21H,2-6,12,15-16,18H2,1H3,(H,22,23)/b9-7-,11-8-,13-10-,17-14+/t19-/m0/s1/i7D,8D,9D,10D,11D,13D,17D,19D. The highest BCUT2D eigenvalue weighted by molar-refractivity contribution is 5.66. The number of aliphatic carboxylic acids is 1. The van der Waals surface area contributed by atoms with Crippen LogP contribution in [0.1, 0.15) is 75.7 Å². The van der Waals surface area contributed by atoms with Crippen LogP contribution in [0.3, 0.4) is 0 Å². The molecule has 0 aliphatic heterocycles. The summed E-state index contributed by atoms with van der Waals surface area (Å²) in [7, 11) is 0. The molecule has 130 valence electrons. The van der Waals surface area contributed by atoms with Crippen molar-refractivity contribution in [1.29, 1.82) is 0 Å². The number of hydrogen-bond donors (Lipinski definition) is 2. The Kier molecular flexibility index (Phi) is 8.04. The van der Waals surface area contributed by atoms with E-state index in [0.717, 1.165) is 25.3 Å². The van der Waals surface area contributed by atoms with Crippen LogP contribution in [0.2, 0.25) is 0 Å². The average Bonchev–Trinajstić information content (AvgIpc) is 2.66. The van der Waals surface area contributed by atoms with Crippen LogP contribution in [-0.2, 0) is 4.79 Å². The minimum atomic E-state index is -2.53. The number of rotatable bonds is 14. The Morgan fingerprint density at radius 2 is 1.87 bits per heavy atom. The monoisotopic (exact) mass is 328 g/mol. The zero-order chi connectivity index (χ0) is 24.2. The van der Waals surface area contributed by atoms with Crippen molar-refractivity contribution in [2.75, 3.05) is 0 Å². The van der Waals surface area contributed by atoms with E-state index in [4.69, 9.17) is 16.1 Å². The smallest absolute Gasteiger partial charge is 0.303 e. The molecule has 0 aromatic rings. The molecule has 0 aromatic carbocycles. The van der Waals surface area contributed by atoms with E-state index in [9.17, 15) is 9.90 Å². The lowest BCUT2D eigenvalue weighted by Gasteiger charge is -1.99. The van der Waals surface area contributed by atoms with Crippen molar-refractivity contribution >= 4 is 5.97 Å². The average molecular weight is 329 g/mol. The minimum absolute atomic E-state index is 0.00963. The first-order valence-corrected chi connectivity index (χ1v) is 7.91. The zero-order valence-corrected chi connectivity index (χ0v) is 13.7. The topological polar surface area (TPSA) is 57.5 Å². The second-order valence-electron chi connectivity index (χ2n) is 4.82. The van der Waals surface area contributed by atoms with Crippen molar-refractivity contribution in [3.8, 4) is 0 Å². The lowest BCUT2D eigenvalue weighted by molar-refractivity contribution is -0.137. The summed E-state index contributed by atoms with van der Waals surface area (Å²) in [4.78, 5) is 10.5. The predicted molar refractivity (Wildman–Crippen MR) is 97.4 cm³/mol. The van der Waals surface area contributed by atoms with Gasteiger partial charge in [0.2, 0.25) is 0 Å². The van der Waals surface area contributed by atoms with Crippen molar-refractivity contribution in [1.82, 2.24) is 0 Å². The van der Waals surface area contributed by atoms with Gasteiger partial charge in [-0.2, -0.15) is 0 Å². The van der Waals surface area contributed by atoms with Gasteiger partial charge in [-0.05, 0) is 38.5 Å². The molecule has 0 aliphatic rings. The number of allylic oxidation sites excluding steroid dienone is 6. The molecule has 0 rings (SSSR count). The summed E-state index contributed by atoms with van der Waals surface area (Å²) < 4.78 is 62.7. The van der Waals surface area contributed by atoms with E-state index in [-0.39, 0.29) is 49.9 Å². The number of carboxylic acids is 1. The van der Waals surface area contributed by atoms with Crippen molar-refractivity contribution < 1.29 is 26.0 Å². The minimum Gasteiger partial charge on any atom is -0.481 e. The Morgan fingerprint density at radius 3 is 2.61 bits per heavy atom. The van der Waals surface area contributed by atoms with Crippen LogP contribution in [0.5, 0.6) is 0 Å². The molecule has 0 saturated carbocycles. The summed E-state index contributed by atoms with van der Waals surface area (Å²) >= 11 is 0. The third-order valence-corrected chi connectivity index (χ3v) is 2.69. The molecule has 3 heteroatoms. The highest BCUT2D eigenvalue weighted by Crippen LogP contribution is 2.02. The Bertz CT molecular complexity index is 739. The molecule has 0 aliphatic carbocycles. The van der Waals surface area contributed by atoms with Crippen molar-refractivity contribution in [2.45, 2.75) is 70.8 Å². The third kappa shape index (κ3) is 18.3. The normalized spacial score (nSPS) is 23.1. The van der Waals surface area contributed by atoms with E-state index in [1.54, 1.807) is 0 Å². The molecule has 0 bridgehead atoms. The second kappa shape index (κ2) is 16.8. The summed E-state index contributed by atoms with van der Waals surface area (Å²) in [5.74, 6) is -1.01. The van der Waals surface area contributed by atoms with Gasteiger partial charge in [-0.1, -0.05) is 68.2 Å². The predicted octanol–water partition coefficient (Wildman–Crippen LogP) is 5.19. The van der Waals surface area contributed by atoms with Gasteiger partial charge in [-0.3, -0.25) is 4.79 Å². The van der Waals surface area contributed by atoms with Gasteiger partial charge in [-0.25, -0.2) is 0 Å². The fourth-order valence-electron chi connectivity index (χ4n) is 1.49. The number of aliphatic hydroxyl groups is 1. The third-order valence-electron chi connectivity index (χ3n) is 2.69. The lowest BCUT2D eigenvalue weighted by atomic mass is 10.1. The fourth-order valence-corrected chi connectivity index (χ4v) is 1.49. The molecule has 0 spiro atoms. The van der Waals surface area contributed by atoms with Gasteiger partial charge in [0.15, 0.2) is 0 Å². The Balaban J connectivity index is 5.24. The van der Waals surface area contributed by atoms with Crippen molar-refractivity contribution in [2.24, 2.45) is 0 Å². The number of carboxylic acid groups (broad SMARTS) is 1. The molecular weight excluding hydrogens is 288 g/mol. The summed E-state index contributed by atoms with van der Waals surface area (Å²) in [6, 6.07) is -2.27. The van der Waals surface area contributed by atoms with E-state index in [0.29, 0.717) is 6.42 Å². The molecule has 1 atom stereocenters. The fraction of sp³-hybridized carbons (Fsp3) is 0.550. The largest absolute Gasteiger partial charge is 0.481 e. The van der Waals surface area contributed by atoms with Crippen LogP contribution in [-0.4, -0.2) is 22.3 Å². The van der Waals surface area contributed by atoms with Crippen LogP contribution in [0.4, 0.5) is 0 Å². The van der Waals surface area contributed by atoms with E-state index < -0.39 is 36.6 Å². The molecule has 0 radical (unpaired) electrons. The summed E-state index contributed by atoms with van der Waals surface area (Å²) in [5.41, 5.74) is 0. The SMILES string of the molecule is [2H]C(/C=C(\[2H])[C@@]([2H])(O)C/C([2H])=C(/[2H])CCCCC)=C(\[2H])C/C([2H])=C(/[2H])CCCC(=O)O. The van der Waals surface area contributed by atoms with Gasteiger partial charge in [0.1, 0.15) is 0 Å². The van der Waals surface area contributed by atoms with Gasteiger partial charge in [0.25, 0.3) is 0 Å². The molecule has 0 aromatic heterocycles. The molecule has 3 nitrogen and oxygen atoms in total. The Labute approximate surface area is 152 Å². The van der Waals surface area contributed by atoms with Gasteiger partial charge < -0.3 is 10.2 Å². The molecule has 0 heterocycles. The number of carbonyl (C=O) groups is 1. The highest BCUT2D eigenvalue weighted by atomic mass is 16.4. The van der Waals surface area contributed by atoms with Crippen molar-refractivity contribution in [3.63, 3.8) is 0 Å². The van der Waals surface area contributed by atoms with Crippen LogP contribution < -0.4 is 0 Å². The molecule has 0 amide bonds. The Morgan fingerprint density at radius 1 is 1.13 bits per heavy atom. The van der Waals surface area contributed by atoms with Crippen molar-refractivity contribution in [3.05, 3.63) is 48.4 Å². The van der Waals surface area contributed by atoms with Gasteiger partial charge in [-0.15, -0.1) is 0 Å². The van der Waals surface area contributed by atoms with Crippen LogP contribution in [0.25, 0.3) is 0 Å². The quantitative estimate of drug-likeness (QED) is 0.262. The maximum Gasteiger partial charge on any atom is 0.303 e. The second-order valence-corrected chi connectivity index (χ2v) is 4.82. The van der Waals surface area contributed by atoms with Gasteiger partial charge >= 0.3 is 5.97 Å². The molecular formula is C20H32O3. The van der Waals surface area contributed by atoms with E-state index in [1.165, 1.54) is 0 Å². The Hall–Kier alpha value is -1.61. The van der Waals surface area contributed by atoms with Crippen LogP contribution >= 0.6 is 0 Å². The van der Waals surface area contributed by atoms with Crippen LogP contribution in [0.15, 0.2) is 48.4 Å². The summed E-state index contributed by atoms with van der Waals surface area (Å²) in [6.07, 6.45) is 0.334. The zero-order valence-electron chi connectivity index (χ0n) is 21.7. The first-order chi connectivity index (χ1) is 14.3. The molecule has 23 heavy (non-hydrogen) atoms. The maximum atomic E-state index is 10.5. The van der Waals surface area contributed by atoms with Gasteiger partial charge in [0.05, 0.1) is 17.0 Å². The number of unbranched alkanes of at least 4 members (excludes halogenated alkanes) is 2. The van der Waals surface area contributed by atoms with E-state index in [1.807, 2.05) is 6.92 Å². The van der Waals surface area contributed by atoms with Crippen LogP contribution in [0, 0.1) is 0 Å². The first kappa shape index (κ1) is 11.0. The first-order valence-electron chi connectivity index (χ1n) is 11.9. The number of hydrogen-bond acceptors (Lipinski definition) is 2. The molecule has 0 fully saturated rings. The maximum absolute atomic E-state index is 10.5. The highest BCUT2D eigenvalue weighted by Gasteiger charge is 1.93.